The Morgan fingerprint density at radius 2 is 1.88 bits per heavy atom. The molecule has 1 unspecified atom stereocenters. The third-order valence-electron chi connectivity index (χ3n) is 4.58. The molecule has 4 aromatic rings. The van der Waals surface area contributed by atoms with Crippen molar-refractivity contribution in [1.82, 2.24) is 19.5 Å². The van der Waals surface area contributed by atoms with Crippen LogP contribution >= 0.6 is 23.2 Å². The van der Waals surface area contributed by atoms with Crippen LogP contribution in [0.25, 0.3) is 17.0 Å². The number of benzene rings is 1. The topological polar surface area (TPSA) is 85.7 Å². The van der Waals surface area contributed by atoms with E-state index >= 15 is 0 Å². The van der Waals surface area contributed by atoms with Crippen molar-refractivity contribution in [1.29, 1.82) is 0 Å². The van der Waals surface area contributed by atoms with Crippen molar-refractivity contribution >= 4 is 38.6 Å². The Balaban J connectivity index is 1.60. The standard InChI is InChI=1S/C19H12Cl2F5N5O2S/c1-34(32,14-3-2-11(7-13(14)20)19(24,25)26)27-8-12-9-31-5-4-10(6-15(31)28-12)16-29-17(33-30-16)18(21,22)23/h2-7,9H,8H2,1H3. The van der Waals surface area contributed by atoms with E-state index in [4.69, 9.17) is 23.2 Å². The van der Waals surface area contributed by atoms with Crippen molar-refractivity contribution in [2.24, 2.45) is 4.36 Å². The van der Waals surface area contributed by atoms with E-state index in [-0.39, 0.29) is 22.3 Å². The van der Waals surface area contributed by atoms with Crippen LogP contribution in [0, 0.1) is 0 Å². The molecule has 180 valence electrons. The van der Waals surface area contributed by atoms with Gasteiger partial charge in [0.15, 0.2) is 0 Å². The Labute approximate surface area is 198 Å². The van der Waals surface area contributed by atoms with Crippen molar-refractivity contribution in [3.8, 4) is 11.4 Å². The van der Waals surface area contributed by atoms with Gasteiger partial charge in [-0.1, -0.05) is 16.8 Å². The van der Waals surface area contributed by atoms with Gasteiger partial charge in [0.1, 0.15) is 5.65 Å². The summed E-state index contributed by atoms with van der Waals surface area (Å²) in [6.45, 7) is -0.130. The van der Waals surface area contributed by atoms with Crippen molar-refractivity contribution < 1.29 is 30.7 Å². The van der Waals surface area contributed by atoms with Crippen LogP contribution in [0.15, 0.2) is 56.5 Å². The second-order valence-electron chi connectivity index (χ2n) is 7.07. The highest BCUT2D eigenvalue weighted by atomic mass is 35.5. The number of alkyl halides is 6. The first-order chi connectivity index (χ1) is 15.7. The summed E-state index contributed by atoms with van der Waals surface area (Å²) < 4.78 is 87.9. The van der Waals surface area contributed by atoms with E-state index in [1.807, 2.05) is 0 Å². The van der Waals surface area contributed by atoms with E-state index in [1.165, 1.54) is 18.4 Å². The molecule has 15 heteroatoms. The lowest BCUT2D eigenvalue weighted by Gasteiger charge is -2.11. The highest BCUT2D eigenvalue weighted by Gasteiger charge is 2.36. The number of nitrogens with zero attached hydrogens (tertiary/aromatic N) is 5. The van der Waals surface area contributed by atoms with Gasteiger partial charge in [-0.15, -0.1) is 0 Å². The summed E-state index contributed by atoms with van der Waals surface area (Å²) in [7, 11) is -3.14. The van der Waals surface area contributed by atoms with Crippen LogP contribution in [0.5, 0.6) is 0 Å². The monoisotopic (exact) mass is 539 g/mol. The number of halogens is 7. The van der Waals surface area contributed by atoms with Crippen LogP contribution in [0.3, 0.4) is 0 Å². The molecular formula is C19H12Cl2F5N5O2S. The molecule has 0 aliphatic carbocycles. The molecular weight excluding hydrogens is 528 g/mol. The van der Waals surface area contributed by atoms with Crippen LogP contribution in [-0.2, 0) is 27.8 Å². The first-order valence-corrected chi connectivity index (χ1v) is 11.9. The van der Waals surface area contributed by atoms with Gasteiger partial charge in [-0.05, 0) is 41.9 Å². The lowest BCUT2D eigenvalue weighted by molar-refractivity contribution is -0.137. The molecule has 0 fully saturated rings. The predicted octanol–water partition coefficient (Wildman–Crippen LogP) is 6.00. The van der Waals surface area contributed by atoms with Crippen molar-refractivity contribution in [2.75, 3.05) is 6.26 Å². The summed E-state index contributed by atoms with van der Waals surface area (Å²) in [5.41, 5.74) is 0.127. The maximum absolute atomic E-state index is 13.1. The second-order valence-corrected chi connectivity index (χ2v) is 10.3. The molecule has 1 aromatic carbocycles. The van der Waals surface area contributed by atoms with Gasteiger partial charge in [0, 0.05) is 24.2 Å². The average molecular weight is 540 g/mol. The molecule has 0 N–H and O–H groups in total. The third-order valence-corrected chi connectivity index (χ3v) is 6.96. The summed E-state index contributed by atoms with van der Waals surface area (Å²) in [6, 6.07) is 5.56. The fraction of sp³-hybridized carbons (Fsp3) is 0.211. The molecule has 0 amide bonds. The van der Waals surface area contributed by atoms with Crippen LogP contribution in [0.4, 0.5) is 22.0 Å². The summed E-state index contributed by atoms with van der Waals surface area (Å²) in [5, 5.41) is -0.646. The minimum atomic E-state index is -4.59. The van der Waals surface area contributed by atoms with Gasteiger partial charge in [0.05, 0.1) is 37.4 Å². The first-order valence-electron chi connectivity index (χ1n) is 9.18. The zero-order valence-corrected chi connectivity index (χ0v) is 19.2. The molecule has 0 saturated heterocycles. The summed E-state index contributed by atoms with van der Waals surface area (Å²) in [4.78, 5) is 7.85. The van der Waals surface area contributed by atoms with Gasteiger partial charge in [-0.2, -0.15) is 26.9 Å². The second kappa shape index (κ2) is 8.47. The Morgan fingerprint density at radius 1 is 1.15 bits per heavy atom. The largest absolute Gasteiger partial charge is 0.416 e. The van der Waals surface area contributed by atoms with Gasteiger partial charge in [-0.25, -0.2) is 13.6 Å². The minimum absolute atomic E-state index is 0.0304. The summed E-state index contributed by atoms with van der Waals surface area (Å²) in [5.74, 6) is -1.17. The van der Waals surface area contributed by atoms with Crippen molar-refractivity contribution in [2.45, 2.75) is 23.0 Å². The molecule has 7 nitrogen and oxygen atoms in total. The zero-order valence-electron chi connectivity index (χ0n) is 16.9. The molecule has 4 rings (SSSR count). The first kappa shape index (κ1) is 24.4. The minimum Gasteiger partial charge on any atom is -0.331 e. The maximum atomic E-state index is 13.1. The average Bonchev–Trinajstić information content (AvgIpc) is 3.38. The molecule has 0 saturated carbocycles. The van der Waals surface area contributed by atoms with E-state index in [9.17, 15) is 26.2 Å². The van der Waals surface area contributed by atoms with E-state index in [0.29, 0.717) is 23.0 Å². The van der Waals surface area contributed by atoms with E-state index in [1.54, 1.807) is 16.8 Å². The fourth-order valence-corrected chi connectivity index (χ4v) is 4.89. The Morgan fingerprint density at radius 3 is 2.50 bits per heavy atom. The molecule has 0 bridgehead atoms. The molecule has 0 spiro atoms. The SMILES string of the molecule is CS(=O)(=NCc1cn2ccc(-c3noc(C(F)(F)Cl)n3)cc2n1)c1ccc(C(F)(F)F)cc1Cl. The zero-order chi connectivity index (χ0) is 24.9. The lowest BCUT2D eigenvalue weighted by atomic mass is 10.2. The van der Waals surface area contributed by atoms with E-state index in [0.717, 1.165) is 12.1 Å². The van der Waals surface area contributed by atoms with Gasteiger partial charge in [0.25, 0.3) is 0 Å². The van der Waals surface area contributed by atoms with Crippen molar-refractivity contribution in [3.63, 3.8) is 0 Å². The number of fused-ring (bicyclic) bond motifs is 1. The Bertz CT molecular complexity index is 1500. The maximum Gasteiger partial charge on any atom is 0.416 e. The Kier molecular flexibility index (Phi) is 6.07. The molecule has 0 aliphatic rings. The van der Waals surface area contributed by atoms with Crippen LogP contribution in [-0.4, -0.2) is 30.0 Å². The van der Waals surface area contributed by atoms with Crippen LogP contribution in [0.1, 0.15) is 17.1 Å². The predicted molar refractivity (Wildman–Crippen MR) is 113 cm³/mol. The summed E-state index contributed by atoms with van der Waals surface area (Å²) in [6.07, 6.45) is -0.180. The molecule has 1 atom stereocenters. The van der Waals surface area contributed by atoms with E-state index in [2.05, 4.69) is 24.0 Å². The number of hydrogen-bond acceptors (Lipinski definition) is 6. The lowest BCUT2D eigenvalue weighted by Crippen LogP contribution is -2.07. The van der Waals surface area contributed by atoms with E-state index < -0.39 is 32.7 Å². The number of pyridine rings is 1. The highest BCUT2D eigenvalue weighted by Crippen LogP contribution is 2.34. The molecule has 0 aliphatic heterocycles. The van der Waals surface area contributed by atoms with Crippen LogP contribution < -0.4 is 0 Å². The fourth-order valence-electron chi connectivity index (χ4n) is 2.95. The Hall–Kier alpha value is -2.77. The van der Waals surface area contributed by atoms with Gasteiger partial charge < -0.3 is 8.92 Å². The third kappa shape index (κ3) is 5.00. The smallest absolute Gasteiger partial charge is 0.331 e. The van der Waals surface area contributed by atoms with Gasteiger partial charge in [0.2, 0.25) is 5.82 Å². The summed E-state index contributed by atoms with van der Waals surface area (Å²) >= 11 is 10.8. The van der Waals surface area contributed by atoms with Gasteiger partial charge in [-0.3, -0.25) is 0 Å². The molecule has 3 heterocycles. The molecule has 0 radical (unpaired) electrons. The molecule has 3 aromatic heterocycles. The highest BCUT2D eigenvalue weighted by molar-refractivity contribution is 7.93. The number of imidazole rings is 1. The number of hydrogen-bond donors (Lipinski definition) is 0. The van der Waals surface area contributed by atoms with Crippen LogP contribution in [0.2, 0.25) is 5.02 Å². The quantitative estimate of drug-likeness (QED) is 0.229. The normalized spacial score (nSPS) is 14.4. The molecule has 34 heavy (non-hydrogen) atoms. The van der Waals surface area contributed by atoms with Crippen molar-refractivity contribution in [3.05, 3.63) is 64.9 Å². The van der Waals surface area contributed by atoms with Gasteiger partial charge >= 0.3 is 17.4 Å². The number of aromatic nitrogens is 4. The number of rotatable bonds is 5.